The molecule has 1 aliphatic rings. The summed E-state index contributed by atoms with van der Waals surface area (Å²) in [6.45, 7) is 1.90. The van der Waals surface area contributed by atoms with Crippen LogP contribution in [0, 0.1) is 0 Å². The van der Waals surface area contributed by atoms with Crippen LogP contribution < -0.4 is 5.32 Å². The predicted octanol–water partition coefficient (Wildman–Crippen LogP) is 1.50. The van der Waals surface area contributed by atoms with Gasteiger partial charge < -0.3 is 5.32 Å². The van der Waals surface area contributed by atoms with Gasteiger partial charge in [0.1, 0.15) is 5.78 Å². The third-order valence-corrected chi connectivity index (χ3v) is 2.39. The van der Waals surface area contributed by atoms with E-state index in [0.717, 1.165) is 12.8 Å². The van der Waals surface area contributed by atoms with Crippen molar-refractivity contribution in [1.82, 2.24) is 5.32 Å². The lowest BCUT2D eigenvalue weighted by Crippen LogP contribution is -2.27. The summed E-state index contributed by atoms with van der Waals surface area (Å²) in [5, 5.41) is 2.62. The van der Waals surface area contributed by atoms with E-state index >= 15 is 0 Å². The molecule has 0 fully saturated rings. The molecule has 1 aliphatic carbocycles. The van der Waals surface area contributed by atoms with Crippen molar-refractivity contribution in [2.45, 2.75) is 45.4 Å². The molecule has 1 N–H and O–H groups in total. The SMILES string of the molecule is CCCC(=O)CC(=O)NC1=CC(=O)CCC1. The fraction of sp³-hybridized carbons (Fsp3) is 0.583. The van der Waals surface area contributed by atoms with Crippen LogP contribution in [0.3, 0.4) is 0 Å². The first-order valence-corrected chi connectivity index (χ1v) is 5.66. The minimum absolute atomic E-state index is 0.0430. The summed E-state index contributed by atoms with van der Waals surface area (Å²) in [6, 6.07) is 0. The van der Waals surface area contributed by atoms with Crippen LogP contribution >= 0.6 is 0 Å². The van der Waals surface area contributed by atoms with Gasteiger partial charge in [-0.2, -0.15) is 0 Å². The van der Waals surface area contributed by atoms with Crippen LogP contribution in [0.4, 0.5) is 0 Å². The molecule has 1 rings (SSSR count). The summed E-state index contributed by atoms with van der Waals surface area (Å²) in [5.41, 5.74) is 0.644. The number of carbonyl (C=O) groups is 3. The number of hydrogen-bond acceptors (Lipinski definition) is 3. The van der Waals surface area contributed by atoms with Gasteiger partial charge in [0.15, 0.2) is 5.78 Å². The lowest BCUT2D eigenvalue weighted by Gasteiger charge is -2.12. The summed E-state index contributed by atoms with van der Waals surface area (Å²) in [7, 11) is 0. The molecule has 4 heteroatoms. The maximum Gasteiger partial charge on any atom is 0.231 e. The van der Waals surface area contributed by atoms with Gasteiger partial charge in [-0.05, 0) is 19.3 Å². The Hall–Kier alpha value is -1.45. The molecule has 0 bridgehead atoms. The Labute approximate surface area is 95.1 Å². The standard InChI is InChI=1S/C12H17NO3/c1-2-4-10(14)8-12(16)13-9-5-3-6-11(15)7-9/h7H,2-6,8H2,1H3,(H,13,16). The average molecular weight is 223 g/mol. The molecule has 0 heterocycles. The van der Waals surface area contributed by atoms with Crippen LogP contribution in [0.2, 0.25) is 0 Å². The van der Waals surface area contributed by atoms with Gasteiger partial charge in [0.2, 0.25) is 5.91 Å². The fourth-order valence-electron chi connectivity index (χ4n) is 1.66. The van der Waals surface area contributed by atoms with Crippen molar-refractivity contribution in [1.29, 1.82) is 0 Å². The maximum absolute atomic E-state index is 11.4. The highest BCUT2D eigenvalue weighted by molar-refractivity contribution is 5.99. The fourth-order valence-corrected chi connectivity index (χ4v) is 1.66. The van der Waals surface area contributed by atoms with E-state index in [1.807, 2.05) is 6.92 Å². The number of ketones is 2. The Morgan fingerprint density at radius 2 is 2.12 bits per heavy atom. The van der Waals surface area contributed by atoms with Crippen LogP contribution in [0.25, 0.3) is 0 Å². The first-order chi connectivity index (χ1) is 7.61. The second kappa shape index (κ2) is 6.20. The molecule has 1 amide bonds. The molecule has 16 heavy (non-hydrogen) atoms. The van der Waals surface area contributed by atoms with Gasteiger partial charge in [-0.25, -0.2) is 0 Å². The molecule has 0 radical (unpaired) electrons. The second-order valence-electron chi connectivity index (χ2n) is 4.00. The van der Waals surface area contributed by atoms with Crippen molar-refractivity contribution in [3.05, 3.63) is 11.8 Å². The average Bonchev–Trinajstić information content (AvgIpc) is 2.17. The molecule has 0 aromatic rings. The number of Topliss-reactive ketones (excluding diaryl/α,β-unsaturated/α-hetero) is 1. The normalized spacial score (nSPS) is 15.6. The van der Waals surface area contributed by atoms with Crippen molar-refractivity contribution in [3.63, 3.8) is 0 Å². The van der Waals surface area contributed by atoms with Gasteiger partial charge in [0.25, 0.3) is 0 Å². The van der Waals surface area contributed by atoms with E-state index in [4.69, 9.17) is 0 Å². The molecule has 0 atom stereocenters. The van der Waals surface area contributed by atoms with Crippen molar-refractivity contribution in [3.8, 4) is 0 Å². The third kappa shape index (κ3) is 4.38. The van der Waals surface area contributed by atoms with Gasteiger partial charge >= 0.3 is 0 Å². The zero-order valence-corrected chi connectivity index (χ0v) is 9.54. The minimum atomic E-state index is -0.306. The monoisotopic (exact) mass is 223 g/mol. The molecule has 0 saturated heterocycles. The zero-order chi connectivity index (χ0) is 12.0. The van der Waals surface area contributed by atoms with Crippen LogP contribution in [-0.2, 0) is 14.4 Å². The van der Waals surface area contributed by atoms with E-state index in [-0.39, 0.29) is 23.9 Å². The van der Waals surface area contributed by atoms with Crippen LogP contribution in [0.15, 0.2) is 11.8 Å². The number of rotatable bonds is 5. The van der Waals surface area contributed by atoms with E-state index in [1.54, 1.807) is 0 Å². The lowest BCUT2D eigenvalue weighted by molar-refractivity contribution is -0.127. The number of allylic oxidation sites excluding steroid dienone is 2. The van der Waals surface area contributed by atoms with Gasteiger partial charge in [-0.15, -0.1) is 0 Å². The van der Waals surface area contributed by atoms with Gasteiger partial charge in [-0.3, -0.25) is 14.4 Å². The topological polar surface area (TPSA) is 63.2 Å². The number of hydrogen-bond donors (Lipinski definition) is 1. The lowest BCUT2D eigenvalue weighted by atomic mass is 10.0. The van der Waals surface area contributed by atoms with Crippen LogP contribution in [0.5, 0.6) is 0 Å². The first kappa shape index (κ1) is 12.6. The van der Waals surface area contributed by atoms with E-state index in [1.165, 1.54) is 6.08 Å². The molecular formula is C12H17NO3. The molecular weight excluding hydrogens is 206 g/mol. The zero-order valence-electron chi connectivity index (χ0n) is 9.54. The molecule has 0 aromatic heterocycles. The molecule has 0 aliphatic heterocycles. The summed E-state index contributed by atoms with van der Waals surface area (Å²) in [6.07, 6.45) is 4.60. The van der Waals surface area contributed by atoms with E-state index in [0.29, 0.717) is 25.0 Å². The third-order valence-electron chi connectivity index (χ3n) is 2.39. The highest BCUT2D eigenvalue weighted by atomic mass is 16.2. The van der Waals surface area contributed by atoms with Crippen LogP contribution in [0.1, 0.15) is 45.4 Å². The highest BCUT2D eigenvalue weighted by Crippen LogP contribution is 2.12. The summed E-state index contributed by atoms with van der Waals surface area (Å²) in [4.78, 5) is 33.7. The quantitative estimate of drug-likeness (QED) is 0.718. The van der Waals surface area contributed by atoms with Gasteiger partial charge in [0, 0.05) is 24.6 Å². The Bertz CT molecular complexity index is 331. The van der Waals surface area contributed by atoms with Gasteiger partial charge in [0.05, 0.1) is 6.42 Å². The summed E-state index contributed by atoms with van der Waals surface area (Å²) < 4.78 is 0. The molecule has 88 valence electrons. The highest BCUT2D eigenvalue weighted by Gasteiger charge is 2.14. The molecule has 4 nitrogen and oxygen atoms in total. The number of nitrogens with one attached hydrogen (secondary N) is 1. The number of carbonyl (C=O) groups excluding carboxylic acids is 3. The van der Waals surface area contributed by atoms with E-state index in [2.05, 4.69) is 5.32 Å². The Morgan fingerprint density at radius 3 is 2.75 bits per heavy atom. The largest absolute Gasteiger partial charge is 0.329 e. The van der Waals surface area contributed by atoms with Crippen molar-refractivity contribution in [2.75, 3.05) is 0 Å². The number of amides is 1. The molecule has 0 unspecified atom stereocenters. The summed E-state index contributed by atoms with van der Waals surface area (Å²) >= 11 is 0. The van der Waals surface area contributed by atoms with Crippen molar-refractivity contribution < 1.29 is 14.4 Å². The van der Waals surface area contributed by atoms with Crippen molar-refractivity contribution >= 4 is 17.5 Å². The Balaban J connectivity index is 2.39. The second-order valence-corrected chi connectivity index (χ2v) is 4.00. The van der Waals surface area contributed by atoms with E-state index in [9.17, 15) is 14.4 Å². The molecule has 0 aromatic carbocycles. The maximum atomic E-state index is 11.4. The minimum Gasteiger partial charge on any atom is -0.329 e. The Kier molecular flexibility index (Phi) is 4.89. The van der Waals surface area contributed by atoms with Crippen molar-refractivity contribution in [2.24, 2.45) is 0 Å². The van der Waals surface area contributed by atoms with Crippen LogP contribution in [-0.4, -0.2) is 17.5 Å². The molecule has 0 saturated carbocycles. The van der Waals surface area contributed by atoms with Gasteiger partial charge in [-0.1, -0.05) is 6.92 Å². The van der Waals surface area contributed by atoms with E-state index < -0.39 is 0 Å². The smallest absolute Gasteiger partial charge is 0.231 e. The predicted molar refractivity (Wildman–Crippen MR) is 59.6 cm³/mol. The first-order valence-electron chi connectivity index (χ1n) is 5.66. The Morgan fingerprint density at radius 1 is 1.38 bits per heavy atom. The summed E-state index contributed by atoms with van der Waals surface area (Å²) in [5.74, 6) is -0.316. The molecule has 0 spiro atoms.